The Morgan fingerprint density at radius 1 is 1.69 bits per heavy atom. The highest BCUT2D eigenvalue weighted by Crippen LogP contribution is 2.22. The number of aromatic nitrogens is 2. The molecule has 0 unspecified atom stereocenters. The summed E-state index contributed by atoms with van der Waals surface area (Å²) < 4.78 is 5.81. The number of thiocarbonyl (C=S) groups is 1. The zero-order valence-corrected chi connectivity index (χ0v) is 11.5. The number of methoxy groups -OCH3 is 1. The van der Waals surface area contributed by atoms with Gasteiger partial charge in [0.25, 0.3) is 0 Å². The third kappa shape index (κ3) is 3.57. The Morgan fingerprint density at radius 2 is 2.38 bits per heavy atom. The van der Waals surface area contributed by atoms with Crippen LogP contribution in [0, 0.1) is 0 Å². The van der Waals surface area contributed by atoms with E-state index < -0.39 is 0 Å². The van der Waals surface area contributed by atoms with Crippen LogP contribution in [0.4, 0.5) is 5.95 Å². The third-order valence-corrected chi connectivity index (χ3v) is 2.68. The first-order chi connectivity index (χ1) is 7.54. The van der Waals surface area contributed by atoms with Gasteiger partial charge in [0.2, 0.25) is 11.8 Å². The summed E-state index contributed by atoms with van der Waals surface area (Å²) in [6.45, 7) is 0.681. The van der Waals surface area contributed by atoms with Crippen molar-refractivity contribution in [3.05, 3.63) is 10.7 Å². The molecule has 1 heterocycles. The van der Waals surface area contributed by atoms with Crippen molar-refractivity contribution in [1.82, 2.24) is 9.97 Å². The summed E-state index contributed by atoms with van der Waals surface area (Å²) in [4.78, 5) is 10.8. The molecule has 88 valence electrons. The molecule has 5 nitrogen and oxygen atoms in total. The molecule has 1 aromatic rings. The zero-order valence-electron chi connectivity index (χ0n) is 9.11. The highest BCUT2D eigenvalue weighted by Gasteiger charge is 2.09. The molecule has 7 heteroatoms. The van der Waals surface area contributed by atoms with Crippen molar-refractivity contribution in [1.29, 1.82) is 0 Å². The van der Waals surface area contributed by atoms with E-state index in [2.05, 4.69) is 25.9 Å². The van der Waals surface area contributed by atoms with Crippen LogP contribution < -0.4 is 15.4 Å². The fourth-order valence-electron chi connectivity index (χ4n) is 1.05. The summed E-state index contributed by atoms with van der Waals surface area (Å²) >= 11 is 8.10. The average molecular weight is 305 g/mol. The van der Waals surface area contributed by atoms with Crippen LogP contribution in [0.2, 0.25) is 0 Å². The quantitative estimate of drug-likeness (QED) is 0.829. The van der Waals surface area contributed by atoms with Gasteiger partial charge in [-0.2, -0.15) is 4.98 Å². The number of halogens is 1. The first kappa shape index (κ1) is 13.1. The highest BCUT2D eigenvalue weighted by atomic mass is 79.9. The summed E-state index contributed by atoms with van der Waals surface area (Å²) in [7, 11) is 3.44. The predicted molar refractivity (Wildman–Crippen MR) is 71.0 cm³/mol. The Bertz CT molecular complexity index is 388. The van der Waals surface area contributed by atoms with Gasteiger partial charge < -0.3 is 15.4 Å². The molecule has 0 aromatic carbocycles. The van der Waals surface area contributed by atoms with Gasteiger partial charge in [-0.3, -0.25) is 0 Å². The maximum Gasteiger partial charge on any atom is 0.232 e. The molecule has 0 saturated carbocycles. The van der Waals surface area contributed by atoms with Gasteiger partial charge in [-0.1, -0.05) is 12.2 Å². The van der Waals surface area contributed by atoms with E-state index >= 15 is 0 Å². The Hall–Kier alpha value is -0.950. The van der Waals surface area contributed by atoms with Gasteiger partial charge >= 0.3 is 0 Å². The summed E-state index contributed by atoms with van der Waals surface area (Å²) in [6, 6.07) is 0. The maximum atomic E-state index is 5.43. The molecule has 0 saturated heterocycles. The molecule has 0 aliphatic carbocycles. The lowest BCUT2D eigenvalue weighted by atomic mass is 10.4. The molecule has 1 aromatic heterocycles. The van der Waals surface area contributed by atoms with Gasteiger partial charge in [-0.15, -0.1) is 0 Å². The SMILES string of the molecule is COc1nc(N(C)CCC(N)=S)ncc1Br. The summed E-state index contributed by atoms with van der Waals surface area (Å²) in [5.74, 6) is 1.09. The van der Waals surface area contributed by atoms with Crippen LogP contribution in [0.3, 0.4) is 0 Å². The molecule has 0 atom stereocenters. The Kier molecular flexibility index (Phi) is 4.88. The van der Waals surface area contributed by atoms with E-state index in [4.69, 9.17) is 22.7 Å². The summed E-state index contributed by atoms with van der Waals surface area (Å²) in [6.07, 6.45) is 2.28. The van der Waals surface area contributed by atoms with Crippen LogP contribution in [-0.2, 0) is 0 Å². The number of nitrogens with two attached hydrogens (primary N) is 1. The topological polar surface area (TPSA) is 64.3 Å². The molecule has 16 heavy (non-hydrogen) atoms. The number of nitrogens with zero attached hydrogens (tertiary/aromatic N) is 3. The molecule has 0 fully saturated rings. The molecule has 0 radical (unpaired) electrons. The fraction of sp³-hybridized carbons (Fsp3) is 0.444. The van der Waals surface area contributed by atoms with Crippen LogP contribution in [0.15, 0.2) is 10.7 Å². The molecule has 0 spiro atoms. The number of rotatable bonds is 5. The average Bonchev–Trinajstić information content (AvgIpc) is 2.26. The Morgan fingerprint density at radius 3 is 2.94 bits per heavy atom. The smallest absolute Gasteiger partial charge is 0.232 e. The van der Waals surface area contributed by atoms with Gasteiger partial charge in [0.1, 0.15) is 0 Å². The minimum absolute atomic E-state index is 0.482. The van der Waals surface area contributed by atoms with Gasteiger partial charge in [0.15, 0.2) is 0 Å². The summed E-state index contributed by atoms with van der Waals surface area (Å²) in [5.41, 5.74) is 5.43. The molecule has 0 aliphatic rings. The minimum atomic E-state index is 0.482. The largest absolute Gasteiger partial charge is 0.480 e. The second-order valence-corrected chi connectivity index (χ2v) is 4.54. The molecule has 1 rings (SSSR count). The van der Waals surface area contributed by atoms with E-state index in [9.17, 15) is 0 Å². The first-order valence-electron chi connectivity index (χ1n) is 4.60. The van der Waals surface area contributed by atoms with Crippen molar-refractivity contribution in [3.8, 4) is 5.88 Å². The summed E-state index contributed by atoms with van der Waals surface area (Å²) in [5, 5.41) is 0. The van der Waals surface area contributed by atoms with Crippen molar-refractivity contribution < 1.29 is 4.74 Å². The van der Waals surface area contributed by atoms with Crippen molar-refractivity contribution >= 4 is 39.1 Å². The molecule has 2 N–H and O–H groups in total. The van der Waals surface area contributed by atoms with Crippen molar-refractivity contribution in [2.24, 2.45) is 5.73 Å². The number of hydrogen-bond donors (Lipinski definition) is 1. The second-order valence-electron chi connectivity index (χ2n) is 3.17. The van der Waals surface area contributed by atoms with Crippen LogP contribution >= 0.6 is 28.1 Å². The van der Waals surface area contributed by atoms with Crippen molar-refractivity contribution in [2.75, 3.05) is 25.6 Å². The van der Waals surface area contributed by atoms with E-state index in [0.717, 1.165) is 4.47 Å². The Balaban J connectivity index is 2.75. The lowest BCUT2D eigenvalue weighted by molar-refractivity contribution is 0.394. The number of ether oxygens (including phenoxy) is 1. The molecular weight excluding hydrogens is 292 g/mol. The predicted octanol–water partition coefficient (Wildman–Crippen LogP) is 1.36. The van der Waals surface area contributed by atoms with Gasteiger partial charge in [0.05, 0.1) is 22.8 Å². The molecule has 0 aliphatic heterocycles. The van der Waals surface area contributed by atoms with Crippen LogP contribution in [0.1, 0.15) is 6.42 Å². The lowest BCUT2D eigenvalue weighted by Crippen LogP contribution is -2.25. The molecule has 0 bridgehead atoms. The molecule has 0 amide bonds. The van der Waals surface area contributed by atoms with Gasteiger partial charge in [-0.05, 0) is 15.9 Å². The second kappa shape index (κ2) is 5.95. The Labute approximate surface area is 108 Å². The van der Waals surface area contributed by atoms with E-state index in [1.165, 1.54) is 0 Å². The van der Waals surface area contributed by atoms with Gasteiger partial charge in [0, 0.05) is 20.0 Å². The lowest BCUT2D eigenvalue weighted by Gasteiger charge is -2.17. The van der Waals surface area contributed by atoms with Crippen molar-refractivity contribution in [2.45, 2.75) is 6.42 Å². The van der Waals surface area contributed by atoms with E-state index in [0.29, 0.717) is 29.8 Å². The normalized spacial score (nSPS) is 9.94. The van der Waals surface area contributed by atoms with E-state index in [-0.39, 0.29) is 0 Å². The highest BCUT2D eigenvalue weighted by molar-refractivity contribution is 9.10. The maximum absolute atomic E-state index is 5.43. The monoisotopic (exact) mass is 304 g/mol. The van der Waals surface area contributed by atoms with Crippen LogP contribution in [0.25, 0.3) is 0 Å². The van der Waals surface area contributed by atoms with Crippen LogP contribution in [0.5, 0.6) is 5.88 Å². The van der Waals surface area contributed by atoms with Crippen molar-refractivity contribution in [3.63, 3.8) is 0 Å². The number of anilines is 1. The first-order valence-corrected chi connectivity index (χ1v) is 5.80. The third-order valence-electron chi connectivity index (χ3n) is 1.93. The van der Waals surface area contributed by atoms with E-state index in [1.807, 2.05) is 11.9 Å². The van der Waals surface area contributed by atoms with E-state index in [1.54, 1.807) is 13.3 Å². The zero-order chi connectivity index (χ0) is 12.1. The van der Waals surface area contributed by atoms with Crippen LogP contribution in [-0.4, -0.2) is 35.7 Å². The number of hydrogen-bond acceptors (Lipinski definition) is 5. The minimum Gasteiger partial charge on any atom is -0.480 e. The standard InChI is InChI=1S/C9H13BrN4OS/c1-14(4-3-7(11)16)9-12-5-6(10)8(13-9)15-2/h5H,3-4H2,1-2H3,(H2,11,16). The fourth-order valence-corrected chi connectivity index (χ4v) is 1.49. The van der Waals surface area contributed by atoms with Gasteiger partial charge in [-0.25, -0.2) is 4.98 Å². The molecular formula is C9H13BrN4OS.